The predicted octanol–water partition coefficient (Wildman–Crippen LogP) is 5.88. The van der Waals surface area contributed by atoms with E-state index in [0.29, 0.717) is 0 Å². The van der Waals surface area contributed by atoms with Gasteiger partial charge in [-0.2, -0.15) is 0 Å². The number of rotatable bonds is 3. The van der Waals surface area contributed by atoms with Crippen LogP contribution in [0.1, 0.15) is 46.4 Å². The Morgan fingerprint density at radius 3 is 2.50 bits per heavy atom. The lowest BCUT2D eigenvalue weighted by atomic mass is 9.94. The molecule has 3 aromatic carbocycles. The van der Waals surface area contributed by atoms with Crippen molar-refractivity contribution in [3.63, 3.8) is 0 Å². The second-order valence-corrected chi connectivity index (χ2v) is 7.95. The van der Waals surface area contributed by atoms with Gasteiger partial charge >= 0.3 is 0 Å². The van der Waals surface area contributed by atoms with Crippen molar-refractivity contribution in [2.24, 2.45) is 0 Å². The van der Waals surface area contributed by atoms with E-state index in [-0.39, 0.29) is 11.9 Å². The molecule has 1 unspecified atom stereocenters. The lowest BCUT2D eigenvalue weighted by molar-refractivity contribution is 0.0940. The van der Waals surface area contributed by atoms with Crippen LogP contribution in [0.5, 0.6) is 0 Å². The molecule has 1 amide bonds. The SMILES string of the molecule is CC(NC(=O)c1c2c(nc3ccccc13)-c1ccccc1CCC2)c1ccccc1. The van der Waals surface area contributed by atoms with Gasteiger partial charge in [-0.1, -0.05) is 72.8 Å². The molecular weight excluding hydrogens is 368 g/mol. The molecule has 0 spiro atoms. The molecule has 0 radical (unpaired) electrons. The highest BCUT2D eigenvalue weighted by Crippen LogP contribution is 2.36. The summed E-state index contributed by atoms with van der Waals surface area (Å²) >= 11 is 0. The summed E-state index contributed by atoms with van der Waals surface area (Å²) in [6.45, 7) is 2.03. The van der Waals surface area contributed by atoms with Gasteiger partial charge in [-0.05, 0) is 48.9 Å². The summed E-state index contributed by atoms with van der Waals surface area (Å²) in [5.74, 6) is -0.0272. The molecule has 1 heterocycles. The van der Waals surface area contributed by atoms with Crippen molar-refractivity contribution in [1.82, 2.24) is 10.3 Å². The molecule has 148 valence electrons. The van der Waals surface area contributed by atoms with Gasteiger partial charge in [0.1, 0.15) is 0 Å². The topological polar surface area (TPSA) is 42.0 Å². The quantitative estimate of drug-likeness (QED) is 0.473. The Balaban J connectivity index is 1.66. The van der Waals surface area contributed by atoms with Crippen LogP contribution in [0.4, 0.5) is 0 Å². The Bertz CT molecular complexity index is 1230. The summed E-state index contributed by atoms with van der Waals surface area (Å²) in [6.07, 6.45) is 2.87. The summed E-state index contributed by atoms with van der Waals surface area (Å²) < 4.78 is 0. The van der Waals surface area contributed by atoms with E-state index in [1.165, 1.54) is 5.56 Å². The van der Waals surface area contributed by atoms with Gasteiger partial charge < -0.3 is 5.32 Å². The number of para-hydroxylation sites is 1. The Morgan fingerprint density at radius 1 is 0.900 bits per heavy atom. The highest BCUT2D eigenvalue weighted by molar-refractivity contribution is 6.09. The molecule has 1 aliphatic carbocycles. The first-order valence-corrected chi connectivity index (χ1v) is 10.6. The van der Waals surface area contributed by atoms with Crippen LogP contribution in [-0.2, 0) is 12.8 Å². The zero-order valence-electron chi connectivity index (χ0n) is 17.1. The van der Waals surface area contributed by atoms with E-state index in [9.17, 15) is 4.79 Å². The van der Waals surface area contributed by atoms with Crippen LogP contribution in [0.15, 0.2) is 78.9 Å². The largest absolute Gasteiger partial charge is 0.345 e. The summed E-state index contributed by atoms with van der Waals surface area (Å²) in [4.78, 5) is 18.6. The van der Waals surface area contributed by atoms with Crippen LogP contribution in [-0.4, -0.2) is 10.9 Å². The number of nitrogens with zero attached hydrogens (tertiary/aromatic N) is 1. The first-order chi connectivity index (χ1) is 14.7. The predicted molar refractivity (Wildman–Crippen MR) is 122 cm³/mol. The first kappa shape index (κ1) is 18.6. The van der Waals surface area contributed by atoms with Crippen LogP contribution in [0.25, 0.3) is 22.2 Å². The highest BCUT2D eigenvalue weighted by atomic mass is 16.1. The highest BCUT2D eigenvalue weighted by Gasteiger charge is 2.25. The Hall–Kier alpha value is -3.46. The lowest BCUT2D eigenvalue weighted by Crippen LogP contribution is -2.28. The average Bonchev–Trinajstić information content (AvgIpc) is 2.97. The Labute approximate surface area is 176 Å². The van der Waals surface area contributed by atoms with Crippen molar-refractivity contribution < 1.29 is 4.79 Å². The van der Waals surface area contributed by atoms with E-state index in [4.69, 9.17) is 4.98 Å². The normalized spacial score (nSPS) is 13.8. The van der Waals surface area contributed by atoms with Gasteiger partial charge in [0.05, 0.1) is 22.8 Å². The minimum absolute atomic E-state index is 0.0272. The second-order valence-electron chi connectivity index (χ2n) is 7.95. The number of fused-ring (bicyclic) bond motifs is 4. The summed E-state index contributed by atoms with van der Waals surface area (Å²) in [7, 11) is 0. The van der Waals surface area contributed by atoms with Crippen molar-refractivity contribution in [3.05, 3.63) is 101 Å². The number of nitrogens with one attached hydrogen (secondary N) is 1. The molecule has 30 heavy (non-hydrogen) atoms. The van der Waals surface area contributed by atoms with E-state index in [1.807, 2.05) is 61.5 Å². The molecule has 4 aromatic rings. The molecule has 1 aliphatic rings. The fourth-order valence-electron chi connectivity index (χ4n) is 4.50. The van der Waals surface area contributed by atoms with Gasteiger partial charge in [0.25, 0.3) is 5.91 Å². The minimum Gasteiger partial charge on any atom is -0.345 e. The number of aromatic nitrogens is 1. The molecule has 1 aromatic heterocycles. The molecule has 0 saturated carbocycles. The van der Waals surface area contributed by atoms with Gasteiger partial charge in [0.2, 0.25) is 0 Å². The number of hydrogen-bond acceptors (Lipinski definition) is 2. The summed E-state index contributed by atoms with van der Waals surface area (Å²) in [5, 5.41) is 4.16. The molecule has 3 heteroatoms. The van der Waals surface area contributed by atoms with Crippen LogP contribution in [0.3, 0.4) is 0 Å². The fourth-order valence-corrected chi connectivity index (χ4v) is 4.50. The molecule has 0 saturated heterocycles. The molecule has 3 nitrogen and oxygen atoms in total. The lowest BCUT2D eigenvalue weighted by Gasteiger charge is -2.19. The third-order valence-electron chi connectivity index (χ3n) is 6.01. The smallest absolute Gasteiger partial charge is 0.252 e. The Kier molecular flexibility index (Phi) is 4.80. The number of amides is 1. The first-order valence-electron chi connectivity index (χ1n) is 10.6. The van der Waals surface area contributed by atoms with E-state index < -0.39 is 0 Å². The molecule has 0 bridgehead atoms. The van der Waals surface area contributed by atoms with E-state index >= 15 is 0 Å². The minimum atomic E-state index is -0.0701. The number of hydrogen-bond donors (Lipinski definition) is 1. The van der Waals surface area contributed by atoms with Crippen molar-refractivity contribution in [1.29, 1.82) is 0 Å². The maximum absolute atomic E-state index is 13.6. The van der Waals surface area contributed by atoms with Crippen LogP contribution < -0.4 is 5.32 Å². The molecule has 1 N–H and O–H groups in total. The fraction of sp³-hybridized carbons (Fsp3) is 0.185. The van der Waals surface area contributed by atoms with Gasteiger partial charge in [0, 0.05) is 10.9 Å². The maximum atomic E-state index is 13.6. The van der Waals surface area contributed by atoms with E-state index in [0.717, 1.165) is 58.1 Å². The number of carbonyl (C=O) groups excluding carboxylic acids is 1. The standard InChI is InChI=1S/C27H24N2O/c1-18(19-10-3-2-4-11-19)28-27(30)25-22-15-7-8-17-24(22)29-26-21-14-6-5-12-20(21)13-9-16-23(25)26/h2-8,10-12,14-15,17-18H,9,13,16H2,1H3,(H,28,30). The maximum Gasteiger partial charge on any atom is 0.252 e. The van der Waals surface area contributed by atoms with Crippen molar-refractivity contribution in [3.8, 4) is 11.3 Å². The average molecular weight is 393 g/mol. The number of carbonyl (C=O) groups is 1. The van der Waals surface area contributed by atoms with Crippen LogP contribution >= 0.6 is 0 Å². The van der Waals surface area contributed by atoms with Gasteiger partial charge in [-0.25, -0.2) is 4.98 Å². The zero-order valence-corrected chi connectivity index (χ0v) is 17.1. The van der Waals surface area contributed by atoms with Crippen molar-refractivity contribution in [2.75, 3.05) is 0 Å². The Morgan fingerprint density at radius 2 is 1.63 bits per heavy atom. The molecule has 0 aliphatic heterocycles. The van der Waals surface area contributed by atoms with Crippen LogP contribution in [0.2, 0.25) is 0 Å². The zero-order chi connectivity index (χ0) is 20.5. The molecule has 5 rings (SSSR count). The van der Waals surface area contributed by atoms with E-state index in [2.05, 4.69) is 29.6 Å². The third kappa shape index (κ3) is 3.26. The van der Waals surface area contributed by atoms with Gasteiger partial charge in [-0.3, -0.25) is 4.79 Å². The molecule has 1 atom stereocenters. The summed E-state index contributed by atoms with van der Waals surface area (Å²) in [5.41, 5.74) is 7.22. The van der Waals surface area contributed by atoms with E-state index in [1.54, 1.807) is 0 Å². The number of pyridine rings is 1. The van der Waals surface area contributed by atoms with Crippen molar-refractivity contribution >= 4 is 16.8 Å². The molecule has 0 fully saturated rings. The van der Waals surface area contributed by atoms with Gasteiger partial charge in [-0.15, -0.1) is 0 Å². The second kappa shape index (κ2) is 7.75. The molecular formula is C27H24N2O. The van der Waals surface area contributed by atoms with Crippen LogP contribution in [0, 0.1) is 0 Å². The van der Waals surface area contributed by atoms with Crippen molar-refractivity contribution in [2.45, 2.75) is 32.2 Å². The third-order valence-corrected chi connectivity index (χ3v) is 6.01. The summed E-state index contributed by atoms with van der Waals surface area (Å²) in [6, 6.07) is 26.5. The number of benzene rings is 3. The number of aryl methyl sites for hydroxylation is 1. The monoisotopic (exact) mass is 392 g/mol. The van der Waals surface area contributed by atoms with Gasteiger partial charge in [0.15, 0.2) is 0 Å².